The van der Waals surface area contributed by atoms with Gasteiger partial charge in [0.2, 0.25) is 0 Å². The van der Waals surface area contributed by atoms with Gasteiger partial charge in [0, 0.05) is 30.2 Å². The maximum Gasteiger partial charge on any atom is 0.258 e. The summed E-state index contributed by atoms with van der Waals surface area (Å²) < 4.78 is 27.7. The molecule has 2 aromatic rings. The lowest BCUT2D eigenvalue weighted by Crippen LogP contribution is -2.28. The predicted molar refractivity (Wildman–Crippen MR) is 108 cm³/mol. The van der Waals surface area contributed by atoms with Crippen LogP contribution in [-0.4, -0.2) is 39.4 Å². The van der Waals surface area contributed by atoms with E-state index < -0.39 is 0 Å². The van der Waals surface area contributed by atoms with Crippen LogP contribution >= 0.6 is 0 Å². The lowest BCUT2D eigenvalue weighted by Gasteiger charge is -2.18. The maximum atomic E-state index is 12.3. The fourth-order valence-corrected chi connectivity index (χ4v) is 3.32. The highest BCUT2D eigenvalue weighted by Gasteiger charge is 2.32. The number of rotatable bonds is 8. The van der Waals surface area contributed by atoms with E-state index in [1.807, 2.05) is 32.0 Å². The average Bonchev–Trinajstić information content (AvgIpc) is 3.04. The molecule has 156 valence electrons. The third kappa shape index (κ3) is 4.67. The third-order valence-electron chi connectivity index (χ3n) is 4.68. The van der Waals surface area contributed by atoms with Crippen molar-refractivity contribution in [3.63, 3.8) is 0 Å². The van der Waals surface area contributed by atoms with Crippen LogP contribution in [0.1, 0.15) is 25.0 Å². The second kappa shape index (κ2) is 8.51. The number of ether oxygens (including phenoxy) is 5. The molecule has 3 rings (SSSR count). The molecule has 2 aromatic carbocycles. The molecule has 1 N–H and O–H groups in total. The quantitative estimate of drug-likeness (QED) is 0.733. The minimum atomic E-state index is -0.270. The minimum absolute atomic E-state index is 0.115. The Morgan fingerprint density at radius 3 is 2.41 bits per heavy atom. The summed E-state index contributed by atoms with van der Waals surface area (Å²) >= 11 is 0. The number of hydrogen-bond donors (Lipinski definition) is 1. The van der Waals surface area contributed by atoms with E-state index in [4.69, 9.17) is 23.7 Å². The van der Waals surface area contributed by atoms with Crippen molar-refractivity contribution < 1.29 is 28.5 Å². The van der Waals surface area contributed by atoms with E-state index in [-0.39, 0.29) is 24.7 Å². The molecule has 1 aliphatic heterocycles. The molecule has 1 amide bonds. The lowest BCUT2D eigenvalue weighted by molar-refractivity contribution is -0.123. The summed E-state index contributed by atoms with van der Waals surface area (Å²) in [5.74, 6) is 2.76. The highest BCUT2D eigenvalue weighted by atomic mass is 16.5. The van der Waals surface area contributed by atoms with Crippen molar-refractivity contribution in [1.82, 2.24) is 5.32 Å². The first-order valence-corrected chi connectivity index (χ1v) is 9.36. The van der Waals surface area contributed by atoms with Crippen molar-refractivity contribution in [1.29, 1.82) is 0 Å². The first-order valence-electron chi connectivity index (χ1n) is 9.36. The molecule has 0 saturated carbocycles. The van der Waals surface area contributed by atoms with Gasteiger partial charge in [0.05, 0.1) is 21.3 Å². The van der Waals surface area contributed by atoms with Gasteiger partial charge in [-0.2, -0.15) is 0 Å². The molecule has 29 heavy (non-hydrogen) atoms. The molecule has 0 spiro atoms. The van der Waals surface area contributed by atoms with Crippen LogP contribution in [0.25, 0.3) is 0 Å². The zero-order chi connectivity index (χ0) is 21.0. The Hall–Kier alpha value is -3.09. The molecular weight excluding hydrogens is 374 g/mol. The Morgan fingerprint density at radius 1 is 1.03 bits per heavy atom. The molecule has 0 aromatic heterocycles. The minimum Gasteiger partial charge on any atom is -0.496 e. The van der Waals surface area contributed by atoms with Crippen molar-refractivity contribution in [2.75, 3.05) is 27.9 Å². The van der Waals surface area contributed by atoms with E-state index in [1.54, 1.807) is 33.5 Å². The fraction of sp³-hybridized carbons (Fsp3) is 0.409. The summed E-state index contributed by atoms with van der Waals surface area (Å²) in [7, 11) is 4.68. The van der Waals surface area contributed by atoms with E-state index in [2.05, 4.69) is 5.32 Å². The zero-order valence-electron chi connectivity index (χ0n) is 17.5. The summed E-state index contributed by atoms with van der Waals surface area (Å²) in [5, 5.41) is 2.84. The van der Waals surface area contributed by atoms with Crippen molar-refractivity contribution in [3.05, 3.63) is 41.5 Å². The normalized spacial score (nSPS) is 13.8. The Balaban J connectivity index is 1.61. The van der Waals surface area contributed by atoms with Gasteiger partial charge in [0.1, 0.15) is 11.4 Å². The molecule has 0 bridgehead atoms. The van der Waals surface area contributed by atoms with Crippen LogP contribution < -0.4 is 29.0 Å². The lowest BCUT2D eigenvalue weighted by atomic mass is 10.0. The summed E-state index contributed by atoms with van der Waals surface area (Å²) in [6, 6.07) is 9.23. The number of carbonyl (C=O) groups excluding carboxylic acids is 1. The van der Waals surface area contributed by atoms with Crippen molar-refractivity contribution in [3.8, 4) is 28.7 Å². The fourth-order valence-electron chi connectivity index (χ4n) is 3.32. The highest BCUT2D eigenvalue weighted by molar-refractivity contribution is 5.77. The van der Waals surface area contributed by atoms with Crippen LogP contribution in [0.3, 0.4) is 0 Å². The second-order valence-electron chi connectivity index (χ2n) is 7.37. The number of carbonyl (C=O) groups is 1. The van der Waals surface area contributed by atoms with Crippen LogP contribution in [0.2, 0.25) is 0 Å². The topological polar surface area (TPSA) is 75.2 Å². The van der Waals surface area contributed by atoms with Crippen LogP contribution in [0, 0.1) is 0 Å². The SMILES string of the molecule is COc1cc(OC)c(OC)cc1CNC(=O)COc1cccc2c1OC(C)(C)C2. The number of benzene rings is 2. The molecule has 0 unspecified atom stereocenters. The third-order valence-corrected chi connectivity index (χ3v) is 4.68. The molecular formula is C22H27NO6. The molecule has 0 fully saturated rings. The standard InChI is InChI=1S/C22H27NO6/c1-22(2)11-14-7-6-8-16(21(14)29-22)28-13-20(24)23-12-15-9-18(26-4)19(27-5)10-17(15)25-3/h6-10H,11-13H2,1-5H3,(H,23,24). The first-order chi connectivity index (χ1) is 13.9. The van der Waals surface area contributed by atoms with Crippen LogP contribution in [-0.2, 0) is 17.8 Å². The van der Waals surface area contributed by atoms with E-state index in [0.717, 1.165) is 17.5 Å². The molecule has 0 aliphatic carbocycles. The molecule has 0 radical (unpaired) electrons. The Kier molecular flexibility index (Phi) is 6.06. The highest BCUT2D eigenvalue weighted by Crippen LogP contribution is 2.41. The Labute approximate surface area is 170 Å². The average molecular weight is 401 g/mol. The van der Waals surface area contributed by atoms with Crippen LogP contribution in [0.5, 0.6) is 28.7 Å². The summed E-state index contributed by atoms with van der Waals surface area (Å²) in [6.07, 6.45) is 0.810. The number of hydrogen-bond acceptors (Lipinski definition) is 6. The zero-order valence-corrected chi connectivity index (χ0v) is 17.5. The van der Waals surface area contributed by atoms with Gasteiger partial charge in [-0.25, -0.2) is 0 Å². The van der Waals surface area contributed by atoms with E-state index in [9.17, 15) is 4.79 Å². The van der Waals surface area contributed by atoms with Gasteiger partial charge in [-0.05, 0) is 26.0 Å². The Bertz CT molecular complexity index is 893. The van der Waals surface area contributed by atoms with Gasteiger partial charge in [-0.1, -0.05) is 12.1 Å². The van der Waals surface area contributed by atoms with Gasteiger partial charge in [0.25, 0.3) is 5.91 Å². The largest absolute Gasteiger partial charge is 0.496 e. The number of amides is 1. The van der Waals surface area contributed by atoms with Gasteiger partial charge >= 0.3 is 0 Å². The van der Waals surface area contributed by atoms with Crippen molar-refractivity contribution in [2.24, 2.45) is 0 Å². The number of nitrogens with one attached hydrogen (secondary N) is 1. The van der Waals surface area contributed by atoms with Gasteiger partial charge in [0.15, 0.2) is 29.6 Å². The molecule has 0 atom stereocenters. The number of para-hydroxylation sites is 1. The predicted octanol–water partition coefficient (Wildman–Crippen LogP) is 3.12. The van der Waals surface area contributed by atoms with Crippen molar-refractivity contribution >= 4 is 5.91 Å². The summed E-state index contributed by atoms with van der Waals surface area (Å²) in [4.78, 5) is 12.3. The molecule has 0 saturated heterocycles. The van der Waals surface area contributed by atoms with Crippen LogP contribution in [0.4, 0.5) is 0 Å². The van der Waals surface area contributed by atoms with E-state index >= 15 is 0 Å². The number of methoxy groups -OCH3 is 3. The molecule has 1 aliphatic rings. The van der Waals surface area contributed by atoms with Crippen molar-refractivity contribution in [2.45, 2.75) is 32.4 Å². The summed E-state index contributed by atoms with van der Waals surface area (Å²) in [6.45, 7) is 4.21. The van der Waals surface area contributed by atoms with E-state index in [0.29, 0.717) is 28.7 Å². The molecule has 1 heterocycles. The van der Waals surface area contributed by atoms with Gasteiger partial charge < -0.3 is 29.0 Å². The smallest absolute Gasteiger partial charge is 0.258 e. The van der Waals surface area contributed by atoms with Gasteiger partial charge in [-0.15, -0.1) is 0 Å². The maximum absolute atomic E-state index is 12.3. The number of fused-ring (bicyclic) bond motifs is 1. The monoisotopic (exact) mass is 401 g/mol. The molecule has 7 heteroatoms. The second-order valence-corrected chi connectivity index (χ2v) is 7.37. The van der Waals surface area contributed by atoms with Gasteiger partial charge in [-0.3, -0.25) is 4.79 Å². The van der Waals surface area contributed by atoms with E-state index in [1.165, 1.54) is 0 Å². The summed E-state index contributed by atoms with van der Waals surface area (Å²) in [5.41, 5.74) is 1.58. The Morgan fingerprint density at radius 2 is 1.72 bits per heavy atom. The van der Waals surface area contributed by atoms with Crippen LogP contribution in [0.15, 0.2) is 30.3 Å². The molecule has 7 nitrogen and oxygen atoms in total. The first kappa shape index (κ1) is 20.6.